The number of rotatable bonds is 7. The van der Waals surface area contributed by atoms with E-state index in [1.54, 1.807) is 7.05 Å². The van der Waals surface area contributed by atoms with Gasteiger partial charge in [-0.05, 0) is 37.5 Å². The van der Waals surface area contributed by atoms with E-state index < -0.39 is 0 Å². The van der Waals surface area contributed by atoms with Gasteiger partial charge in [-0.15, -0.1) is 24.0 Å². The zero-order valence-electron chi connectivity index (χ0n) is 18.1. The lowest BCUT2D eigenvalue weighted by molar-refractivity contribution is -0.119. The van der Waals surface area contributed by atoms with E-state index in [4.69, 9.17) is 10.5 Å². The third kappa shape index (κ3) is 7.70. The molecule has 0 aliphatic carbocycles. The molecule has 31 heavy (non-hydrogen) atoms. The highest BCUT2D eigenvalue weighted by atomic mass is 127. The van der Waals surface area contributed by atoms with Crippen molar-refractivity contribution in [2.75, 3.05) is 26.7 Å². The maximum Gasteiger partial charge on any atom is 0.231 e. The van der Waals surface area contributed by atoms with Crippen molar-refractivity contribution in [3.05, 3.63) is 59.7 Å². The summed E-state index contributed by atoms with van der Waals surface area (Å²) in [5.41, 5.74) is 7.44. The number of likely N-dealkylation sites (tertiary alicyclic amines) is 1. The lowest BCUT2D eigenvalue weighted by Gasteiger charge is -2.32. The quantitative estimate of drug-likeness (QED) is 0.287. The second kappa shape index (κ2) is 12.5. The number of carbonyl (C=O) groups excluding carboxylic acids is 1. The van der Waals surface area contributed by atoms with Crippen LogP contribution in [0.3, 0.4) is 0 Å². The Labute approximate surface area is 201 Å². The number of benzene rings is 2. The van der Waals surface area contributed by atoms with Gasteiger partial charge in [0.05, 0.1) is 6.54 Å². The van der Waals surface area contributed by atoms with E-state index in [0.29, 0.717) is 19.1 Å². The summed E-state index contributed by atoms with van der Waals surface area (Å²) in [4.78, 5) is 17.5. The first-order chi connectivity index (χ1) is 14.5. The molecule has 0 radical (unpaired) electrons. The number of primary amides is 1. The predicted molar refractivity (Wildman–Crippen MR) is 135 cm³/mol. The highest BCUT2D eigenvalue weighted by molar-refractivity contribution is 14.0. The molecular formula is C23H32IN5O2. The van der Waals surface area contributed by atoms with Crippen LogP contribution in [0.1, 0.15) is 24.0 Å². The molecule has 1 heterocycles. The highest BCUT2D eigenvalue weighted by Crippen LogP contribution is 2.27. The van der Waals surface area contributed by atoms with Crippen LogP contribution < -0.4 is 21.1 Å². The van der Waals surface area contributed by atoms with Crippen LogP contribution in [0, 0.1) is 6.92 Å². The van der Waals surface area contributed by atoms with Gasteiger partial charge in [0.2, 0.25) is 5.91 Å². The molecule has 7 nitrogen and oxygen atoms in total. The van der Waals surface area contributed by atoms with Crippen molar-refractivity contribution < 1.29 is 9.53 Å². The molecule has 0 bridgehead atoms. The smallest absolute Gasteiger partial charge is 0.231 e. The van der Waals surface area contributed by atoms with Crippen molar-refractivity contribution in [1.29, 1.82) is 0 Å². The van der Waals surface area contributed by atoms with Gasteiger partial charge in [-0.2, -0.15) is 0 Å². The minimum absolute atomic E-state index is 0. The van der Waals surface area contributed by atoms with E-state index in [2.05, 4.69) is 26.6 Å². The van der Waals surface area contributed by atoms with Crippen LogP contribution >= 0.6 is 24.0 Å². The number of nitrogens with one attached hydrogen (secondary N) is 2. The number of nitrogens with two attached hydrogens (primary N) is 1. The van der Waals surface area contributed by atoms with Crippen molar-refractivity contribution in [3.63, 3.8) is 0 Å². The fraction of sp³-hybridized carbons (Fsp3) is 0.391. The van der Waals surface area contributed by atoms with Crippen LogP contribution in [-0.2, 0) is 11.3 Å². The Hall–Kier alpha value is -2.33. The third-order valence-electron chi connectivity index (χ3n) is 5.26. The first-order valence-electron chi connectivity index (χ1n) is 10.3. The third-order valence-corrected chi connectivity index (χ3v) is 5.26. The normalized spacial score (nSPS) is 15.1. The molecule has 0 atom stereocenters. The molecule has 1 saturated heterocycles. The van der Waals surface area contributed by atoms with Crippen molar-refractivity contribution in [3.8, 4) is 11.5 Å². The predicted octanol–water partition coefficient (Wildman–Crippen LogP) is 3.02. The Bertz CT molecular complexity index is 882. The van der Waals surface area contributed by atoms with E-state index in [1.807, 2.05) is 49.4 Å². The summed E-state index contributed by atoms with van der Waals surface area (Å²) < 4.78 is 6.16. The molecule has 1 amide bonds. The van der Waals surface area contributed by atoms with Crippen LogP contribution in [-0.4, -0.2) is 49.5 Å². The Morgan fingerprint density at radius 1 is 1.13 bits per heavy atom. The minimum atomic E-state index is -0.273. The highest BCUT2D eigenvalue weighted by Gasteiger charge is 2.20. The fourth-order valence-corrected chi connectivity index (χ4v) is 3.56. The monoisotopic (exact) mass is 537 g/mol. The Morgan fingerprint density at radius 2 is 1.77 bits per heavy atom. The lowest BCUT2D eigenvalue weighted by atomic mass is 10.1. The fourth-order valence-electron chi connectivity index (χ4n) is 3.56. The van der Waals surface area contributed by atoms with Crippen LogP contribution in [0.5, 0.6) is 11.5 Å². The number of piperidine rings is 1. The molecule has 2 aromatic carbocycles. The molecule has 0 aromatic heterocycles. The number of aliphatic imine (C=N–C) groups is 1. The largest absolute Gasteiger partial charge is 0.457 e. The summed E-state index contributed by atoms with van der Waals surface area (Å²) in [5.74, 6) is 2.17. The average Bonchev–Trinajstić information content (AvgIpc) is 2.74. The summed E-state index contributed by atoms with van der Waals surface area (Å²) in [6, 6.07) is 16.3. The molecule has 4 N–H and O–H groups in total. The first-order valence-corrected chi connectivity index (χ1v) is 10.3. The van der Waals surface area contributed by atoms with Crippen molar-refractivity contribution in [1.82, 2.24) is 15.5 Å². The van der Waals surface area contributed by atoms with Gasteiger partial charge in [0, 0.05) is 38.3 Å². The summed E-state index contributed by atoms with van der Waals surface area (Å²) in [6.45, 7) is 4.67. The minimum Gasteiger partial charge on any atom is -0.457 e. The molecule has 2 aromatic rings. The van der Waals surface area contributed by atoms with Gasteiger partial charge in [0.25, 0.3) is 0 Å². The molecule has 1 aliphatic heterocycles. The number of nitrogens with zero attached hydrogens (tertiary/aromatic N) is 2. The van der Waals surface area contributed by atoms with Gasteiger partial charge in [0.1, 0.15) is 11.5 Å². The molecular weight excluding hydrogens is 505 g/mol. The second-order valence-electron chi connectivity index (χ2n) is 7.56. The molecule has 1 fully saturated rings. The summed E-state index contributed by atoms with van der Waals surface area (Å²) in [5, 5.41) is 6.87. The number of amides is 1. The number of aryl methyl sites for hydroxylation is 1. The van der Waals surface area contributed by atoms with Gasteiger partial charge in [0.15, 0.2) is 5.96 Å². The molecule has 168 valence electrons. The van der Waals surface area contributed by atoms with Crippen molar-refractivity contribution >= 4 is 35.8 Å². The first kappa shape index (κ1) is 24.9. The average molecular weight is 537 g/mol. The van der Waals surface area contributed by atoms with Gasteiger partial charge >= 0.3 is 0 Å². The number of hydrogen-bond donors (Lipinski definition) is 3. The van der Waals surface area contributed by atoms with E-state index in [9.17, 15) is 4.79 Å². The van der Waals surface area contributed by atoms with Crippen molar-refractivity contribution in [2.24, 2.45) is 10.7 Å². The summed E-state index contributed by atoms with van der Waals surface area (Å²) >= 11 is 0. The van der Waals surface area contributed by atoms with Crippen LogP contribution in [0.4, 0.5) is 0 Å². The zero-order valence-corrected chi connectivity index (χ0v) is 20.5. The molecule has 1 aliphatic rings. The number of ether oxygens (including phenoxy) is 1. The van der Waals surface area contributed by atoms with Gasteiger partial charge in [-0.1, -0.05) is 36.4 Å². The topological polar surface area (TPSA) is 92.0 Å². The molecule has 8 heteroatoms. The number of halogens is 1. The molecule has 0 saturated carbocycles. The zero-order chi connectivity index (χ0) is 21.3. The summed E-state index contributed by atoms with van der Waals surface area (Å²) in [6.07, 6.45) is 1.89. The standard InChI is InChI=1S/C23H31N5O2.HI/c1-17-7-3-5-9-20(17)30-21-10-6-4-8-18(21)15-26-23(25-2)27-19-11-13-28(14-12-19)16-22(24)29;/h3-10,19H,11-16H2,1-2H3,(H2,24,29)(H2,25,26,27);1H. The van der Waals surface area contributed by atoms with Crippen LogP contribution in [0.2, 0.25) is 0 Å². The van der Waals surface area contributed by atoms with E-state index in [-0.39, 0.29) is 29.9 Å². The number of guanidine groups is 1. The number of para-hydroxylation sites is 2. The van der Waals surface area contributed by atoms with E-state index >= 15 is 0 Å². The Balaban J connectivity index is 0.00000341. The Morgan fingerprint density at radius 3 is 2.42 bits per heavy atom. The van der Waals surface area contributed by atoms with E-state index in [0.717, 1.165) is 54.5 Å². The molecule has 0 unspecified atom stereocenters. The molecule has 3 rings (SSSR count). The maximum atomic E-state index is 11.1. The van der Waals surface area contributed by atoms with Gasteiger partial charge in [-0.3, -0.25) is 14.7 Å². The van der Waals surface area contributed by atoms with Crippen LogP contribution in [0.15, 0.2) is 53.5 Å². The van der Waals surface area contributed by atoms with E-state index in [1.165, 1.54) is 0 Å². The maximum absolute atomic E-state index is 11.1. The summed E-state index contributed by atoms with van der Waals surface area (Å²) in [7, 11) is 1.77. The van der Waals surface area contributed by atoms with Gasteiger partial charge < -0.3 is 21.1 Å². The number of carbonyl (C=O) groups is 1. The Kier molecular flexibility index (Phi) is 10.1. The number of hydrogen-bond acceptors (Lipinski definition) is 4. The molecule has 0 spiro atoms. The second-order valence-corrected chi connectivity index (χ2v) is 7.56. The van der Waals surface area contributed by atoms with Gasteiger partial charge in [-0.25, -0.2) is 0 Å². The lowest BCUT2D eigenvalue weighted by Crippen LogP contribution is -2.49. The SMILES string of the molecule is CN=C(NCc1ccccc1Oc1ccccc1C)NC1CCN(CC(N)=O)CC1.I. The van der Waals surface area contributed by atoms with Crippen molar-refractivity contribution in [2.45, 2.75) is 32.4 Å². The van der Waals surface area contributed by atoms with Crippen LogP contribution in [0.25, 0.3) is 0 Å².